The fourth-order valence-corrected chi connectivity index (χ4v) is 3.16. The van der Waals surface area contributed by atoms with Crippen molar-refractivity contribution in [1.29, 1.82) is 0 Å². The number of unbranched alkanes of at least 4 members (excludes halogenated alkanes) is 6. The Labute approximate surface area is 187 Å². The minimum Gasteiger partial charge on any atom is -0.494 e. The first-order chi connectivity index (χ1) is 15.2. The standard InChI is InChI=1S/C26H38N2O3/c1-3-5-7-9-18-30-24-16-14-22(15-17-24)28-26(29)21-27-23-12-11-13-25(20-23)31-19-10-8-6-4-2/h11-17,20,27H,3-10,18-19,21H2,1-2H3,(H,28,29). The average molecular weight is 427 g/mol. The van der Waals surface area contributed by atoms with E-state index in [4.69, 9.17) is 9.47 Å². The molecule has 2 aromatic carbocycles. The predicted molar refractivity (Wildman–Crippen MR) is 129 cm³/mol. The number of benzene rings is 2. The molecule has 170 valence electrons. The first-order valence-electron chi connectivity index (χ1n) is 11.7. The van der Waals surface area contributed by atoms with Crippen LogP contribution >= 0.6 is 0 Å². The summed E-state index contributed by atoms with van der Waals surface area (Å²) in [4.78, 5) is 12.3. The lowest BCUT2D eigenvalue weighted by Crippen LogP contribution is -2.21. The number of amides is 1. The van der Waals surface area contributed by atoms with Crippen LogP contribution in [0.2, 0.25) is 0 Å². The Morgan fingerprint density at radius 2 is 1.39 bits per heavy atom. The van der Waals surface area contributed by atoms with Gasteiger partial charge in [-0.1, -0.05) is 58.4 Å². The van der Waals surface area contributed by atoms with Gasteiger partial charge in [-0.25, -0.2) is 0 Å². The van der Waals surface area contributed by atoms with Crippen molar-refractivity contribution in [3.8, 4) is 11.5 Å². The molecule has 0 radical (unpaired) electrons. The van der Waals surface area contributed by atoms with Gasteiger partial charge >= 0.3 is 0 Å². The molecular weight excluding hydrogens is 388 g/mol. The molecule has 0 aliphatic heterocycles. The molecule has 0 saturated heterocycles. The quantitative estimate of drug-likeness (QED) is 0.295. The van der Waals surface area contributed by atoms with Crippen LogP contribution in [0.15, 0.2) is 48.5 Å². The predicted octanol–water partition coefficient (Wildman–Crippen LogP) is 6.66. The maximum Gasteiger partial charge on any atom is 0.243 e. The van der Waals surface area contributed by atoms with Crippen molar-refractivity contribution < 1.29 is 14.3 Å². The van der Waals surface area contributed by atoms with Crippen LogP contribution in [0, 0.1) is 0 Å². The molecule has 0 bridgehead atoms. The van der Waals surface area contributed by atoms with Gasteiger partial charge in [-0.15, -0.1) is 0 Å². The zero-order chi connectivity index (χ0) is 22.2. The Hall–Kier alpha value is -2.69. The topological polar surface area (TPSA) is 59.6 Å². The second-order valence-electron chi connectivity index (χ2n) is 7.77. The van der Waals surface area contributed by atoms with E-state index >= 15 is 0 Å². The molecule has 0 aromatic heterocycles. The minimum absolute atomic E-state index is 0.0980. The van der Waals surface area contributed by atoms with Gasteiger partial charge < -0.3 is 20.1 Å². The Balaban J connectivity index is 1.68. The number of anilines is 2. The number of hydrogen-bond donors (Lipinski definition) is 2. The van der Waals surface area contributed by atoms with Crippen LogP contribution in [0.5, 0.6) is 11.5 Å². The summed E-state index contributed by atoms with van der Waals surface area (Å²) < 4.78 is 11.5. The zero-order valence-electron chi connectivity index (χ0n) is 19.1. The van der Waals surface area contributed by atoms with Gasteiger partial charge in [0.25, 0.3) is 0 Å². The lowest BCUT2D eigenvalue weighted by Gasteiger charge is -2.11. The van der Waals surface area contributed by atoms with Crippen molar-refractivity contribution in [3.05, 3.63) is 48.5 Å². The Morgan fingerprint density at radius 1 is 0.742 bits per heavy atom. The van der Waals surface area contributed by atoms with Crippen LogP contribution in [-0.2, 0) is 4.79 Å². The highest BCUT2D eigenvalue weighted by atomic mass is 16.5. The molecule has 5 nitrogen and oxygen atoms in total. The van der Waals surface area contributed by atoms with Gasteiger partial charge in [0.1, 0.15) is 11.5 Å². The molecule has 0 aliphatic carbocycles. The summed E-state index contributed by atoms with van der Waals surface area (Å²) in [6.45, 7) is 6.05. The van der Waals surface area contributed by atoms with E-state index in [9.17, 15) is 4.79 Å². The van der Waals surface area contributed by atoms with E-state index in [-0.39, 0.29) is 12.5 Å². The molecule has 0 atom stereocenters. The summed E-state index contributed by atoms with van der Waals surface area (Å²) in [6, 6.07) is 15.3. The Morgan fingerprint density at radius 3 is 2.03 bits per heavy atom. The first kappa shape index (κ1) is 24.6. The largest absolute Gasteiger partial charge is 0.494 e. The van der Waals surface area contributed by atoms with Gasteiger partial charge in [-0.05, 0) is 49.2 Å². The smallest absolute Gasteiger partial charge is 0.243 e. The third kappa shape index (κ3) is 10.8. The van der Waals surface area contributed by atoms with Gasteiger partial charge in [0, 0.05) is 17.4 Å². The molecule has 31 heavy (non-hydrogen) atoms. The van der Waals surface area contributed by atoms with Crippen molar-refractivity contribution in [2.45, 2.75) is 65.2 Å². The monoisotopic (exact) mass is 426 g/mol. The molecule has 0 spiro atoms. The maximum atomic E-state index is 12.3. The number of carbonyl (C=O) groups excluding carboxylic acids is 1. The first-order valence-corrected chi connectivity index (χ1v) is 11.7. The molecule has 0 aliphatic rings. The highest BCUT2D eigenvalue weighted by molar-refractivity contribution is 5.93. The highest BCUT2D eigenvalue weighted by Gasteiger charge is 2.04. The van der Waals surface area contributed by atoms with Crippen LogP contribution in [-0.4, -0.2) is 25.7 Å². The number of nitrogens with one attached hydrogen (secondary N) is 2. The number of ether oxygens (including phenoxy) is 2. The van der Waals surface area contributed by atoms with Crippen molar-refractivity contribution in [2.75, 3.05) is 30.4 Å². The van der Waals surface area contributed by atoms with E-state index in [1.54, 1.807) is 0 Å². The summed E-state index contributed by atoms with van der Waals surface area (Å²) >= 11 is 0. The molecule has 0 saturated carbocycles. The fraction of sp³-hybridized carbons (Fsp3) is 0.500. The van der Waals surface area contributed by atoms with E-state index in [0.717, 1.165) is 48.9 Å². The summed E-state index contributed by atoms with van der Waals surface area (Å²) in [5.41, 5.74) is 1.63. The summed E-state index contributed by atoms with van der Waals surface area (Å²) in [6.07, 6.45) is 9.47. The van der Waals surface area contributed by atoms with Crippen LogP contribution in [0.4, 0.5) is 11.4 Å². The van der Waals surface area contributed by atoms with E-state index in [1.165, 1.54) is 38.5 Å². The minimum atomic E-state index is -0.0980. The molecular formula is C26H38N2O3. The molecule has 0 heterocycles. The van der Waals surface area contributed by atoms with Crippen molar-refractivity contribution >= 4 is 17.3 Å². The molecule has 0 unspecified atom stereocenters. The fourth-order valence-electron chi connectivity index (χ4n) is 3.16. The van der Waals surface area contributed by atoms with Crippen LogP contribution < -0.4 is 20.1 Å². The second-order valence-corrected chi connectivity index (χ2v) is 7.77. The van der Waals surface area contributed by atoms with Crippen LogP contribution in [0.25, 0.3) is 0 Å². The molecule has 0 fully saturated rings. The molecule has 1 amide bonds. The third-order valence-corrected chi connectivity index (χ3v) is 4.96. The Kier molecular flexibility index (Phi) is 12.0. The molecule has 5 heteroatoms. The van der Waals surface area contributed by atoms with E-state index in [2.05, 4.69) is 24.5 Å². The van der Waals surface area contributed by atoms with Gasteiger partial charge in [-0.2, -0.15) is 0 Å². The summed E-state index contributed by atoms with van der Waals surface area (Å²) in [7, 11) is 0. The molecule has 2 aromatic rings. The number of carbonyl (C=O) groups is 1. The lowest BCUT2D eigenvalue weighted by molar-refractivity contribution is -0.114. The third-order valence-electron chi connectivity index (χ3n) is 4.96. The molecule has 2 N–H and O–H groups in total. The maximum absolute atomic E-state index is 12.3. The SMILES string of the molecule is CCCCCCOc1ccc(NC(=O)CNc2cccc(OCCCCCC)c2)cc1. The van der Waals surface area contributed by atoms with Gasteiger partial charge in [-0.3, -0.25) is 4.79 Å². The van der Waals surface area contributed by atoms with E-state index in [0.29, 0.717) is 0 Å². The zero-order valence-corrected chi connectivity index (χ0v) is 19.1. The van der Waals surface area contributed by atoms with E-state index in [1.807, 2.05) is 48.5 Å². The van der Waals surface area contributed by atoms with Crippen molar-refractivity contribution in [2.24, 2.45) is 0 Å². The van der Waals surface area contributed by atoms with Gasteiger partial charge in [0.05, 0.1) is 19.8 Å². The second kappa shape index (κ2) is 15.2. The molecule has 2 rings (SSSR count). The van der Waals surface area contributed by atoms with Gasteiger partial charge in [0.15, 0.2) is 0 Å². The lowest BCUT2D eigenvalue weighted by atomic mass is 10.2. The summed E-state index contributed by atoms with van der Waals surface area (Å²) in [5.74, 6) is 1.56. The van der Waals surface area contributed by atoms with Crippen LogP contribution in [0.1, 0.15) is 65.2 Å². The Bertz CT molecular complexity index is 747. The van der Waals surface area contributed by atoms with E-state index < -0.39 is 0 Å². The highest BCUT2D eigenvalue weighted by Crippen LogP contribution is 2.19. The average Bonchev–Trinajstić information content (AvgIpc) is 2.79. The number of rotatable bonds is 16. The number of hydrogen-bond acceptors (Lipinski definition) is 4. The summed E-state index contributed by atoms with van der Waals surface area (Å²) in [5, 5.41) is 6.06. The van der Waals surface area contributed by atoms with Crippen molar-refractivity contribution in [3.63, 3.8) is 0 Å². The van der Waals surface area contributed by atoms with Crippen LogP contribution in [0.3, 0.4) is 0 Å². The van der Waals surface area contributed by atoms with Crippen molar-refractivity contribution in [1.82, 2.24) is 0 Å². The van der Waals surface area contributed by atoms with Gasteiger partial charge in [0.2, 0.25) is 5.91 Å². The normalized spacial score (nSPS) is 10.5.